The Morgan fingerprint density at radius 1 is 0.967 bits per heavy atom. The first-order valence-corrected chi connectivity index (χ1v) is 10.5. The van der Waals surface area contributed by atoms with Crippen molar-refractivity contribution < 1.29 is 9.59 Å². The van der Waals surface area contributed by atoms with E-state index in [1.807, 2.05) is 58.0 Å². The van der Waals surface area contributed by atoms with Gasteiger partial charge in [0.2, 0.25) is 11.8 Å². The van der Waals surface area contributed by atoms with Gasteiger partial charge in [0.1, 0.15) is 5.82 Å². The van der Waals surface area contributed by atoms with Crippen LogP contribution < -0.4 is 10.6 Å². The summed E-state index contributed by atoms with van der Waals surface area (Å²) in [6.07, 6.45) is 0. The Balaban J connectivity index is 1.51. The van der Waals surface area contributed by atoms with Gasteiger partial charge >= 0.3 is 0 Å². The van der Waals surface area contributed by atoms with Gasteiger partial charge in [0.05, 0.1) is 24.5 Å². The Labute approximate surface area is 178 Å². The highest BCUT2D eigenvalue weighted by Crippen LogP contribution is 2.17. The number of aryl methyl sites for hydroxylation is 2. The summed E-state index contributed by atoms with van der Waals surface area (Å²) < 4.78 is 1.76. The molecule has 2 aromatic rings. The molecule has 1 aromatic heterocycles. The quantitative estimate of drug-likeness (QED) is 0.721. The number of piperazine rings is 1. The average molecular weight is 413 g/mol. The molecular formula is C22H32N6O2. The van der Waals surface area contributed by atoms with Crippen LogP contribution in [0.5, 0.6) is 0 Å². The van der Waals surface area contributed by atoms with Gasteiger partial charge in [0.15, 0.2) is 0 Å². The number of anilines is 1. The zero-order valence-electron chi connectivity index (χ0n) is 18.3. The second kappa shape index (κ2) is 9.86. The van der Waals surface area contributed by atoms with Crippen molar-refractivity contribution in [1.29, 1.82) is 0 Å². The molecule has 30 heavy (non-hydrogen) atoms. The van der Waals surface area contributed by atoms with Crippen molar-refractivity contribution in [2.45, 2.75) is 33.7 Å². The third kappa shape index (κ3) is 6.14. The minimum absolute atomic E-state index is 0.0518. The van der Waals surface area contributed by atoms with Gasteiger partial charge in [-0.05, 0) is 39.8 Å². The third-order valence-corrected chi connectivity index (χ3v) is 5.03. The fraction of sp³-hybridized carbons (Fsp3) is 0.500. The predicted octanol–water partition coefficient (Wildman–Crippen LogP) is 1.57. The van der Waals surface area contributed by atoms with E-state index in [4.69, 9.17) is 0 Å². The van der Waals surface area contributed by atoms with E-state index >= 15 is 0 Å². The largest absolute Gasteiger partial charge is 0.353 e. The highest BCUT2D eigenvalue weighted by molar-refractivity contribution is 5.91. The highest BCUT2D eigenvalue weighted by atomic mass is 16.2. The molecule has 2 heterocycles. The number of hydrogen-bond donors (Lipinski definition) is 2. The molecule has 0 unspecified atom stereocenters. The summed E-state index contributed by atoms with van der Waals surface area (Å²) in [6, 6.07) is 10.1. The molecule has 1 aliphatic heterocycles. The third-order valence-electron chi connectivity index (χ3n) is 5.03. The Morgan fingerprint density at radius 2 is 1.53 bits per heavy atom. The summed E-state index contributed by atoms with van der Waals surface area (Å²) in [5, 5.41) is 10.4. The number of hydrogen-bond acceptors (Lipinski definition) is 5. The maximum atomic E-state index is 12.6. The van der Waals surface area contributed by atoms with Crippen molar-refractivity contribution >= 4 is 17.6 Å². The average Bonchev–Trinajstić information content (AvgIpc) is 3.03. The molecule has 0 spiro atoms. The van der Waals surface area contributed by atoms with Crippen LogP contribution in [0, 0.1) is 13.8 Å². The van der Waals surface area contributed by atoms with Gasteiger partial charge in [0, 0.05) is 38.3 Å². The molecule has 8 heteroatoms. The van der Waals surface area contributed by atoms with Crippen molar-refractivity contribution in [3.8, 4) is 5.69 Å². The van der Waals surface area contributed by atoms with Crippen LogP contribution in [-0.4, -0.2) is 76.7 Å². The Morgan fingerprint density at radius 3 is 2.10 bits per heavy atom. The minimum atomic E-state index is -0.0609. The van der Waals surface area contributed by atoms with Crippen molar-refractivity contribution in [1.82, 2.24) is 24.9 Å². The van der Waals surface area contributed by atoms with Gasteiger partial charge in [-0.1, -0.05) is 17.7 Å². The van der Waals surface area contributed by atoms with E-state index in [9.17, 15) is 9.59 Å². The fourth-order valence-electron chi connectivity index (χ4n) is 3.53. The van der Waals surface area contributed by atoms with Gasteiger partial charge < -0.3 is 10.6 Å². The molecule has 0 atom stereocenters. The summed E-state index contributed by atoms with van der Waals surface area (Å²) in [5.41, 5.74) is 2.94. The fourth-order valence-corrected chi connectivity index (χ4v) is 3.53. The topological polar surface area (TPSA) is 82.5 Å². The number of aromatic nitrogens is 2. The van der Waals surface area contributed by atoms with Gasteiger partial charge in [0.25, 0.3) is 0 Å². The minimum Gasteiger partial charge on any atom is -0.353 e. The van der Waals surface area contributed by atoms with Crippen LogP contribution in [0.2, 0.25) is 0 Å². The number of benzene rings is 1. The van der Waals surface area contributed by atoms with Gasteiger partial charge in [-0.2, -0.15) is 5.10 Å². The number of nitrogens with one attached hydrogen (secondary N) is 2. The molecule has 2 N–H and O–H groups in total. The van der Waals surface area contributed by atoms with Crippen LogP contribution in [0.4, 0.5) is 5.82 Å². The maximum absolute atomic E-state index is 12.6. The lowest BCUT2D eigenvalue weighted by molar-refractivity contribution is -0.124. The number of rotatable bonds is 7. The standard InChI is InChI=1S/C22H32N6O2/c1-16(2)23-21(29)14-26-9-11-27(12-10-26)15-22(30)24-20-13-18(4)25-28(20)19-7-5-17(3)6-8-19/h5-8,13,16H,9-12,14-15H2,1-4H3,(H,23,29)(H,24,30). The van der Waals surface area contributed by atoms with Crippen LogP contribution in [-0.2, 0) is 9.59 Å². The van der Waals surface area contributed by atoms with E-state index in [0.29, 0.717) is 18.9 Å². The van der Waals surface area contributed by atoms with Crippen LogP contribution in [0.25, 0.3) is 5.69 Å². The van der Waals surface area contributed by atoms with Gasteiger partial charge in [-0.25, -0.2) is 4.68 Å². The van der Waals surface area contributed by atoms with E-state index in [1.165, 1.54) is 5.56 Å². The first-order valence-electron chi connectivity index (χ1n) is 10.5. The van der Waals surface area contributed by atoms with E-state index in [0.717, 1.165) is 37.6 Å². The number of carbonyl (C=O) groups excluding carboxylic acids is 2. The maximum Gasteiger partial charge on any atom is 0.239 e. The van der Waals surface area contributed by atoms with Crippen LogP contribution >= 0.6 is 0 Å². The van der Waals surface area contributed by atoms with Crippen molar-refractivity contribution in [2.75, 3.05) is 44.6 Å². The normalized spacial score (nSPS) is 15.4. The zero-order valence-corrected chi connectivity index (χ0v) is 18.3. The lowest BCUT2D eigenvalue weighted by Crippen LogP contribution is -2.51. The SMILES string of the molecule is Cc1ccc(-n2nc(C)cc2NC(=O)CN2CCN(CC(=O)NC(C)C)CC2)cc1. The van der Waals surface area contributed by atoms with Crippen LogP contribution in [0.15, 0.2) is 30.3 Å². The predicted molar refractivity (Wildman–Crippen MR) is 118 cm³/mol. The molecule has 1 aromatic carbocycles. The Bertz CT molecular complexity index is 866. The van der Waals surface area contributed by atoms with Gasteiger partial charge in [-0.3, -0.25) is 19.4 Å². The van der Waals surface area contributed by atoms with Crippen molar-refractivity contribution in [3.63, 3.8) is 0 Å². The summed E-state index contributed by atoms with van der Waals surface area (Å²) in [5.74, 6) is 0.663. The highest BCUT2D eigenvalue weighted by Gasteiger charge is 2.21. The van der Waals surface area contributed by atoms with Crippen LogP contribution in [0.1, 0.15) is 25.1 Å². The molecule has 1 fully saturated rings. The van der Waals surface area contributed by atoms with Crippen molar-refractivity contribution in [3.05, 3.63) is 41.6 Å². The molecule has 1 saturated heterocycles. The molecule has 0 radical (unpaired) electrons. The second-order valence-electron chi connectivity index (χ2n) is 8.24. The lowest BCUT2D eigenvalue weighted by atomic mass is 10.2. The summed E-state index contributed by atoms with van der Waals surface area (Å²) in [4.78, 5) is 28.8. The summed E-state index contributed by atoms with van der Waals surface area (Å²) in [7, 11) is 0. The molecule has 0 aliphatic carbocycles. The van der Waals surface area contributed by atoms with E-state index < -0.39 is 0 Å². The van der Waals surface area contributed by atoms with Crippen LogP contribution in [0.3, 0.4) is 0 Å². The number of carbonyl (C=O) groups is 2. The Kier molecular flexibility index (Phi) is 7.23. The molecule has 3 rings (SSSR count). The summed E-state index contributed by atoms with van der Waals surface area (Å²) in [6.45, 7) is 11.7. The molecule has 8 nitrogen and oxygen atoms in total. The number of amides is 2. The molecule has 0 bridgehead atoms. The zero-order chi connectivity index (χ0) is 21.7. The first kappa shape index (κ1) is 22.0. The van der Waals surface area contributed by atoms with E-state index in [1.54, 1.807) is 4.68 Å². The van der Waals surface area contributed by atoms with Gasteiger partial charge in [-0.15, -0.1) is 0 Å². The molecular weight excluding hydrogens is 380 g/mol. The molecule has 1 aliphatic rings. The summed E-state index contributed by atoms with van der Waals surface area (Å²) >= 11 is 0. The monoisotopic (exact) mass is 412 g/mol. The molecule has 2 amide bonds. The molecule has 162 valence electrons. The molecule has 0 saturated carbocycles. The smallest absolute Gasteiger partial charge is 0.239 e. The Hall–Kier alpha value is -2.71. The lowest BCUT2D eigenvalue weighted by Gasteiger charge is -2.33. The number of nitrogens with zero attached hydrogens (tertiary/aromatic N) is 4. The van der Waals surface area contributed by atoms with Crippen molar-refractivity contribution in [2.24, 2.45) is 0 Å². The van der Waals surface area contributed by atoms with E-state index in [-0.39, 0.29) is 17.9 Å². The van der Waals surface area contributed by atoms with E-state index in [2.05, 4.69) is 25.5 Å². The second-order valence-corrected chi connectivity index (χ2v) is 8.24. The first-order chi connectivity index (χ1) is 14.3.